The van der Waals surface area contributed by atoms with E-state index in [0.29, 0.717) is 37.1 Å². The van der Waals surface area contributed by atoms with Crippen LogP contribution in [0, 0.1) is 23.4 Å². The van der Waals surface area contributed by atoms with Crippen LogP contribution in [0.3, 0.4) is 0 Å². The Labute approximate surface area is 299 Å². The number of hydrogen-bond acceptors (Lipinski definition) is 7. The quantitative estimate of drug-likeness (QED) is 0.197. The van der Waals surface area contributed by atoms with E-state index in [4.69, 9.17) is 0 Å². The van der Waals surface area contributed by atoms with Crippen LogP contribution in [0.2, 0.25) is 0 Å². The van der Waals surface area contributed by atoms with Crippen molar-refractivity contribution >= 4 is 15.7 Å². The van der Waals surface area contributed by atoms with Crippen molar-refractivity contribution in [3.8, 4) is 0 Å². The third-order valence-electron chi connectivity index (χ3n) is 9.98. The fraction of sp³-hybridized carbons (Fsp3) is 0.457. The summed E-state index contributed by atoms with van der Waals surface area (Å²) in [7, 11) is -1.37. The molecule has 1 amide bonds. The number of alkyl halides is 6. The molecular weight excluding hydrogens is 745 g/mol. The molecule has 53 heavy (non-hydrogen) atoms. The van der Waals surface area contributed by atoms with Gasteiger partial charge >= 0.3 is 12.4 Å². The summed E-state index contributed by atoms with van der Waals surface area (Å²) in [5.74, 6) is -4.03. The van der Waals surface area contributed by atoms with Crippen molar-refractivity contribution in [3.05, 3.63) is 101 Å². The topological polar surface area (TPSA) is 90.4 Å². The highest BCUT2D eigenvalue weighted by atomic mass is 32.2. The number of piperidine rings is 1. The zero-order chi connectivity index (χ0) is 39.1. The summed E-state index contributed by atoms with van der Waals surface area (Å²) in [5, 5.41) is 11.4. The SMILES string of the molecule is CN(C)C(=O)C1CCN(C(O)N2CCC(c3ccc(C(OCc4c(F)cccc4F)(C(F)(F)F)C(F)(F)F)cc3)(S(=O)(=O)c3ccc(F)cc3)C2)CC1. The summed E-state index contributed by atoms with van der Waals surface area (Å²) in [6.45, 7) is -1.80. The average molecular weight is 782 g/mol. The zero-order valence-corrected chi connectivity index (χ0v) is 29.2. The maximum Gasteiger partial charge on any atom is 0.430 e. The van der Waals surface area contributed by atoms with Gasteiger partial charge in [0.25, 0.3) is 5.60 Å². The molecule has 0 aromatic heterocycles. The van der Waals surface area contributed by atoms with E-state index < -0.39 is 85.5 Å². The number of rotatable bonds is 10. The van der Waals surface area contributed by atoms with E-state index in [1.54, 1.807) is 19.0 Å². The van der Waals surface area contributed by atoms with E-state index in [2.05, 4.69) is 4.74 Å². The predicted octanol–water partition coefficient (Wildman–Crippen LogP) is 6.09. The molecule has 0 spiro atoms. The summed E-state index contributed by atoms with van der Waals surface area (Å²) < 4.78 is 161. The zero-order valence-electron chi connectivity index (χ0n) is 28.4. The fourth-order valence-corrected chi connectivity index (χ4v) is 9.11. The van der Waals surface area contributed by atoms with Crippen molar-refractivity contribution in [3.63, 3.8) is 0 Å². The minimum absolute atomic E-state index is 0.0852. The minimum Gasteiger partial charge on any atom is -0.365 e. The number of halogens is 9. The van der Waals surface area contributed by atoms with Gasteiger partial charge in [0, 0.05) is 57.3 Å². The van der Waals surface area contributed by atoms with Gasteiger partial charge in [-0.1, -0.05) is 30.3 Å². The lowest BCUT2D eigenvalue weighted by molar-refractivity contribution is -0.392. The van der Waals surface area contributed by atoms with E-state index in [0.717, 1.165) is 42.5 Å². The second-order valence-electron chi connectivity index (χ2n) is 13.3. The van der Waals surface area contributed by atoms with Crippen molar-refractivity contribution in [1.29, 1.82) is 0 Å². The van der Waals surface area contributed by atoms with Crippen molar-refractivity contribution < 1.29 is 62.6 Å². The number of amides is 1. The Morgan fingerprint density at radius 2 is 1.42 bits per heavy atom. The van der Waals surface area contributed by atoms with Crippen LogP contribution < -0.4 is 0 Å². The number of carbonyl (C=O) groups excluding carboxylic acids is 1. The van der Waals surface area contributed by atoms with Crippen molar-refractivity contribution in [2.45, 2.75) is 59.8 Å². The monoisotopic (exact) mass is 781 g/mol. The molecule has 2 heterocycles. The standard InChI is InChI=1S/C35H36F9N3O5S/c1-45(2)30(48)22-14-17-46(18-15-22)31(49)47-19-16-32(21-47,53(50,51)26-12-10-25(36)11-13-26)23-6-8-24(9-7-23)33(34(39,40)41,35(42,43)44)52-20-27-28(37)4-3-5-29(27)38/h3-13,22,31,49H,14-21H2,1-2H3. The number of ether oxygens (including phenoxy) is 1. The molecule has 2 aliphatic heterocycles. The first-order chi connectivity index (χ1) is 24.7. The van der Waals surface area contributed by atoms with Crippen LogP contribution >= 0.6 is 0 Å². The van der Waals surface area contributed by atoms with Crippen LogP contribution in [0.1, 0.15) is 36.0 Å². The Bertz CT molecular complexity index is 1850. The van der Waals surface area contributed by atoms with Gasteiger partial charge in [-0.05, 0) is 61.2 Å². The lowest BCUT2D eigenvalue weighted by Gasteiger charge is -2.39. The normalized spacial score (nSPS) is 20.5. The maximum absolute atomic E-state index is 14.6. The number of hydrogen-bond donors (Lipinski definition) is 1. The number of aliphatic hydroxyl groups is 1. The predicted molar refractivity (Wildman–Crippen MR) is 172 cm³/mol. The second kappa shape index (κ2) is 14.8. The van der Waals surface area contributed by atoms with E-state index in [9.17, 15) is 57.8 Å². The van der Waals surface area contributed by atoms with Crippen LogP contribution in [0.15, 0.2) is 71.6 Å². The molecule has 0 radical (unpaired) electrons. The molecular formula is C35H36F9N3O5S. The van der Waals surface area contributed by atoms with Gasteiger partial charge in [-0.25, -0.2) is 21.6 Å². The van der Waals surface area contributed by atoms with Crippen LogP contribution in [0.25, 0.3) is 0 Å². The molecule has 1 N–H and O–H groups in total. The summed E-state index contributed by atoms with van der Waals surface area (Å²) in [5.41, 5.74) is -8.07. The highest BCUT2D eigenvalue weighted by Gasteiger charge is 2.73. The van der Waals surface area contributed by atoms with Gasteiger partial charge < -0.3 is 14.7 Å². The Balaban J connectivity index is 1.53. The number of benzene rings is 3. The molecule has 2 saturated heterocycles. The molecule has 8 nitrogen and oxygen atoms in total. The number of aliphatic hydroxyl groups excluding tert-OH is 1. The Morgan fingerprint density at radius 1 is 0.868 bits per heavy atom. The largest absolute Gasteiger partial charge is 0.430 e. The van der Waals surface area contributed by atoms with Crippen molar-refractivity contribution in [2.75, 3.05) is 40.3 Å². The van der Waals surface area contributed by atoms with Crippen LogP contribution in [0.4, 0.5) is 39.5 Å². The lowest BCUT2D eigenvalue weighted by Crippen LogP contribution is -2.56. The molecule has 2 unspecified atom stereocenters. The van der Waals surface area contributed by atoms with Crippen LogP contribution in [-0.2, 0) is 36.3 Å². The first-order valence-electron chi connectivity index (χ1n) is 16.3. The van der Waals surface area contributed by atoms with E-state index in [1.807, 2.05) is 0 Å². The molecule has 2 atom stereocenters. The van der Waals surface area contributed by atoms with Gasteiger partial charge in [0.15, 0.2) is 16.2 Å². The van der Waals surface area contributed by atoms with Gasteiger partial charge in [0.05, 0.1) is 11.5 Å². The highest BCUT2D eigenvalue weighted by Crippen LogP contribution is 2.54. The summed E-state index contributed by atoms with van der Waals surface area (Å²) in [6, 6.07) is 8.15. The van der Waals surface area contributed by atoms with Crippen molar-refractivity contribution in [1.82, 2.24) is 14.7 Å². The van der Waals surface area contributed by atoms with Gasteiger partial charge in [-0.3, -0.25) is 14.6 Å². The van der Waals surface area contributed by atoms with Crippen LogP contribution in [0.5, 0.6) is 0 Å². The molecule has 5 rings (SSSR count). The second-order valence-corrected chi connectivity index (χ2v) is 15.6. The number of likely N-dealkylation sites (tertiary alicyclic amines) is 2. The molecule has 0 bridgehead atoms. The maximum atomic E-state index is 14.6. The molecule has 3 aromatic rings. The fourth-order valence-electron chi connectivity index (χ4n) is 7.02. The third-order valence-corrected chi connectivity index (χ3v) is 12.5. The van der Waals surface area contributed by atoms with Gasteiger partial charge in [0.2, 0.25) is 5.91 Å². The van der Waals surface area contributed by atoms with E-state index in [-0.39, 0.29) is 43.4 Å². The molecule has 0 saturated carbocycles. The van der Waals surface area contributed by atoms with Crippen molar-refractivity contribution in [2.24, 2.45) is 5.92 Å². The average Bonchev–Trinajstić information content (AvgIpc) is 3.56. The van der Waals surface area contributed by atoms with Gasteiger partial charge in [-0.2, -0.15) is 26.3 Å². The Morgan fingerprint density at radius 3 is 1.92 bits per heavy atom. The Kier molecular flexibility index (Phi) is 11.3. The molecule has 290 valence electrons. The number of sulfone groups is 1. The number of nitrogens with zero attached hydrogens (tertiary/aromatic N) is 3. The highest BCUT2D eigenvalue weighted by molar-refractivity contribution is 7.92. The summed E-state index contributed by atoms with van der Waals surface area (Å²) in [6.07, 6.45) is -13.3. The molecule has 2 aliphatic rings. The van der Waals surface area contributed by atoms with Gasteiger partial charge in [-0.15, -0.1) is 0 Å². The molecule has 0 aliphatic carbocycles. The first kappa shape index (κ1) is 40.5. The van der Waals surface area contributed by atoms with E-state index in [1.165, 1.54) is 9.80 Å². The first-order valence-corrected chi connectivity index (χ1v) is 17.8. The Hall–Kier alpha value is -3.71. The molecule has 18 heteroatoms. The van der Waals surface area contributed by atoms with Crippen LogP contribution in [-0.4, -0.2) is 93.1 Å². The molecule has 2 fully saturated rings. The van der Waals surface area contributed by atoms with E-state index >= 15 is 0 Å². The third kappa shape index (κ3) is 7.39. The smallest absolute Gasteiger partial charge is 0.365 e. The summed E-state index contributed by atoms with van der Waals surface area (Å²) in [4.78, 5) is 16.5. The lowest BCUT2D eigenvalue weighted by atomic mass is 9.88. The summed E-state index contributed by atoms with van der Waals surface area (Å²) >= 11 is 0. The minimum atomic E-state index is -6.23. The van der Waals surface area contributed by atoms with Gasteiger partial charge in [0.1, 0.15) is 22.2 Å². The molecule has 3 aromatic carbocycles. The number of carbonyl (C=O) groups is 1.